The highest BCUT2D eigenvalue weighted by atomic mass is 79.9. The molecule has 224 valence electrons. The number of hydrogen-bond donors (Lipinski definition) is 1. The Balaban J connectivity index is 1.38. The van der Waals surface area contributed by atoms with Crippen LogP contribution in [-0.4, -0.2) is 43.4 Å². The van der Waals surface area contributed by atoms with Gasteiger partial charge in [0.2, 0.25) is 11.8 Å². The number of allylic oxidation sites excluding steroid dienone is 2. The summed E-state index contributed by atoms with van der Waals surface area (Å²) in [7, 11) is 0. The number of phenolic OH excluding ortho intramolecular Hbond substituents is 1. The fourth-order valence-corrected chi connectivity index (χ4v) is 8.79. The van der Waals surface area contributed by atoms with E-state index < -0.39 is 51.1 Å². The van der Waals surface area contributed by atoms with Crippen molar-refractivity contribution in [2.24, 2.45) is 17.8 Å². The van der Waals surface area contributed by atoms with Crippen molar-refractivity contribution in [1.82, 2.24) is 4.90 Å². The van der Waals surface area contributed by atoms with Crippen LogP contribution >= 0.6 is 39.1 Å². The summed E-state index contributed by atoms with van der Waals surface area (Å²) in [5, 5.41) is 11.1. The van der Waals surface area contributed by atoms with Crippen molar-refractivity contribution in [1.29, 1.82) is 0 Å². The van der Waals surface area contributed by atoms with Gasteiger partial charge in [0.15, 0.2) is 9.75 Å². The zero-order chi connectivity index (χ0) is 31.1. The van der Waals surface area contributed by atoms with E-state index in [4.69, 9.17) is 23.2 Å². The van der Waals surface area contributed by atoms with Crippen LogP contribution in [0.5, 0.6) is 5.75 Å². The molecule has 1 saturated carbocycles. The van der Waals surface area contributed by atoms with Crippen molar-refractivity contribution >= 4 is 68.4 Å². The van der Waals surface area contributed by atoms with Gasteiger partial charge in [-0.25, -0.2) is 9.29 Å². The van der Waals surface area contributed by atoms with E-state index in [-0.39, 0.29) is 48.2 Å². The fourth-order valence-electron chi connectivity index (χ4n) is 7.49. The number of fused-ring (bicyclic) bond motifs is 4. The van der Waals surface area contributed by atoms with Gasteiger partial charge in [0.05, 0.1) is 24.1 Å². The molecule has 6 unspecified atom stereocenters. The molecule has 3 fully saturated rings. The number of benzene rings is 3. The van der Waals surface area contributed by atoms with Crippen molar-refractivity contribution in [3.8, 4) is 5.75 Å². The van der Waals surface area contributed by atoms with Gasteiger partial charge in [0, 0.05) is 16.0 Å². The van der Waals surface area contributed by atoms with Crippen LogP contribution in [0.4, 0.5) is 10.1 Å². The lowest BCUT2D eigenvalue weighted by atomic mass is 9.56. The van der Waals surface area contributed by atoms with E-state index in [0.717, 1.165) is 22.6 Å². The first-order chi connectivity index (χ1) is 21.0. The summed E-state index contributed by atoms with van der Waals surface area (Å²) in [5.74, 6) is -6.46. The highest BCUT2D eigenvalue weighted by Crippen LogP contribution is 2.66. The van der Waals surface area contributed by atoms with Gasteiger partial charge < -0.3 is 5.11 Å². The Hall–Kier alpha value is -3.53. The van der Waals surface area contributed by atoms with E-state index in [0.29, 0.717) is 10.0 Å². The predicted octanol–water partition coefficient (Wildman–Crippen LogP) is 6.06. The van der Waals surface area contributed by atoms with Crippen LogP contribution in [0, 0.1) is 23.6 Å². The minimum atomic E-state index is -2.12. The Morgan fingerprint density at radius 1 is 0.909 bits per heavy atom. The second-order valence-corrected chi connectivity index (χ2v) is 13.9. The van der Waals surface area contributed by atoms with Gasteiger partial charge >= 0.3 is 0 Å². The Bertz CT molecular complexity index is 1790. The number of amides is 4. The molecule has 3 aromatic rings. The summed E-state index contributed by atoms with van der Waals surface area (Å²) in [4.78, 5) is 54.2. The number of alkyl halides is 2. The molecule has 2 aliphatic carbocycles. The highest BCUT2D eigenvalue weighted by molar-refractivity contribution is 9.10. The molecule has 7 nitrogen and oxygen atoms in total. The van der Waals surface area contributed by atoms with Crippen LogP contribution in [0.3, 0.4) is 0 Å². The number of carbonyl (C=O) groups excluding carboxylic acids is 4. The Kier molecular flexibility index (Phi) is 6.81. The van der Waals surface area contributed by atoms with Crippen LogP contribution in [0.2, 0.25) is 0 Å². The van der Waals surface area contributed by atoms with E-state index in [1.807, 2.05) is 36.4 Å². The molecule has 2 heterocycles. The number of phenols is 1. The van der Waals surface area contributed by atoms with Gasteiger partial charge in [-0.2, -0.15) is 0 Å². The lowest BCUT2D eigenvalue weighted by Gasteiger charge is -2.50. The van der Waals surface area contributed by atoms with Gasteiger partial charge in [-0.05, 0) is 66.8 Å². The zero-order valence-electron chi connectivity index (χ0n) is 22.9. The second kappa shape index (κ2) is 10.3. The molecule has 4 aliphatic rings. The third-order valence-corrected chi connectivity index (χ3v) is 11.4. The maximum absolute atomic E-state index is 14.4. The molecule has 6 atom stereocenters. The molecule has 0 aromatic heterocycles. The monoisotopic (exact) mass is 696 g/mol. The van der Waals surface area contributed by atoms with Crippen molar-refractivity contribution < 1.29 is 28.7 Å². The number of rotatable bonds is 4. The third kappa shape index (κ3) is 3.98. The van der Waals surface area contributed by atoms with Gasteiger partial charge in [-0.15, -0.1) is 23.2 Å². The largest absolute Gasteiger partial charge is 0.508 e. The average molecular weight is 698 g/mol. The van der Waals surface area contributed by atoms with Gasteiger partial charge in [-0.1, -0.05) is 57.9 Å². The molecule has 0 bridgehead atoms. The Labute approximate surface area is 270 Å². The minimum absolute atomic E-state index is 0.0871. The Morgan fingerprint density at radius 2 is 1.61 bits per heavy atom. The number of carbonyl (C=O) groups is 4. The summed E-state index contributed by atoms with van der Waals surface area (Å²) in [6.07, 6.45) is 1.83. The molecule has 0 radical (unpaired) electrons. The molecule has 4 amide bonds. The summed E-state index contributed by atoms with van der Waals surface area (Å²) in [5.41, 5.74) is 1.69. The molecule has 0 spiro atoms. The first-order valence-corrected chi connectivity index (χ1v) is 15.6. The summed E-state index contributed by atoms with van der Waals surface area (Å²) >= 11 is 18.1. The van der Waals surface area contributed by atoms with Crippen molar-refractivity contribution in [2.75, 3.05) is 4.90 Å². The normalized spacial score (nSPS) is 31.1. The molecule has 1 N–H and O–H groups in total. The van der Waals surface area contributed by atoms with E-state index in [1.54, 1.807) is 12.1 Å². The van der Waals surface area contributed by atoms with E-state index in [1.165, 1.54) is 23.1 Å². The number of imide groups is 2. The van der Waals surface area contributed by atoms with Crippen LogP contribution < -0.4 is 4.90 Å². The van der Waals surface area contributed by atoms with Gasteiger partial charge in [-0.3, -0.25) is 24.1 Å². The quantitative estimate of drug-likeness (QED) is 0.203. The fraction of sp³-hybridized carbons (Fsp3) is 0.273. The van der Waals surface area contributed by atoms with E-state index in [2.05, 4.69) is 15.9 Å². The van der Waals surface area contributed by atoms with Crippen LogP contribution in [0.15, 0.2) is 88.9 Å². The minimum Gasteiger partial charge on any atom is -0.508 e. The molecule has 44 heavy (non-hydrogen) atoms. The van der Waals surface area contributed by atoms with Crippen molar-refractivity contribution in [3.05, 3.63) is 106 Å². The van der Waals surface area contributed by atoms with Crippen molar-refractivity contribution in [3.63, 3.8) is 0 Å². The third-order valence-electron chi connectivity index (χ3n) is 9.47. The van der Waals surface area contributed by atoms with Gasteiger partial charge in [0.25, 0.3) is 11.8 Å². The average Bonchev–Trinajstić information content (AvgIpc) is 3.33. The van der Waals surface area contributed by atoms with E-state index >= 15 is 0 Å². The summed E-state index contributed by atoms with van der Waals surface area (Å²) in [6, 6.07) is 18.7. The van der Waals surface area contributed by atoms with Gasteiger partial charge in [0.1, 0.15) is 11.6 Å². The second-order valence-electron chi connectivity index (χ2n) is 11.7. The predicted molar refractivity (Wildman–Crippen MR) is 164 cm³/mol. The number of hydrogen-bond acceptors (Lipinski definition) is 5. The topological polar surface area (TPSA) is 95.0 Å². The number of aromatic hydroxyl groups is 1. The maximum atomic E-state index is 14.4. The van der Waals surface area contributed by atoms with Crippen LogP contribution in [0.25, 0.3) is 0 Å². The maximum Gasteiger partial charge on any atom is 0.258 e. The first-order valence-electron chi connectivity index (χ1n) is 14.1. The lowest BCUT2D eigenvalue weighted by Crippen LogP contribution is -2.60. The smallest absolute Gasteiger partial charge is 0.258 e. The molecular formula is C33H24BrCl2FN2O5. The number of likely N-dealkylation sites (tertiary alicyclic amines) is 1. The molecule has 7 rings (SSSR count). The number of nitrogens with zero attached hydrogens (tertiary/aromatic N) is 2. The summed E-state index contributed by atoms with van der Waals surface area (Å²) in [6.45, 7) is 0.102. The van der Waals surface area contributed by atoms with E-state index in [9.17, 15) is 28.7 Å². The van der Waals surface area contributed by atoms with Crippen molar-refractivity contribution in [2.45, 2.75) is 35.1 Å². The van der Waals surface area contributed by atoms with Crippen LogP contribution in [-0.2, 0) is 25.7 Å². The standard InChI is InChI=1S/C33H24BrCl2FN2O5/c34-18-6-13-25(40)23(14-18)27-21-11-12-22-26(29(42)38(28(22)41)16-17-4-2-1-3-5-17)24(21)15-32(35)30(43)39(31(44)33(27,32)36)20-9-7-19(37)8-10-20/h1-11,13-14,22,24,26-27,40H,12,15-16H2. The summed E-state index contributed by atoms with van der Waals surface area (Å²) < 4.78 is 14.4. The number of anilines is 1. The SMILES string of the molecule is O=C1C2CC=C3C(CC4(Cl)C(=O)N(c5ccc(F)cc5)C(=O)C4(Cl)C3c3cc(Br)ccc3O)C2C(=O)N1Cc1ccccc1. The molecule has 2 aliphatic heterocycles. The first kappa shape index (κ1) is 29.2. The molecule has 2 saturated heterocycles. The molecule has 11 heteroatoms. The lowest BCUT2D eigenvalue weighted by molar-refractivity contribution is -0.141. The zero-order valence-corrected chi connectivity index (χ0v) is 26.0. The number of halogens is 4. The Morgan fingerprint density at radius 3 is 2.32 bits per heavy atom. The van der Waals surface area contributed by atoms with Crippen LogP contribution in [0.1, 0.15) is 29.9 Å². The highest BCUT2D eigenvalue weighted by Gasteiger charge is 2.76. The molecule has 3 aromatic carbocycles. The molecular weight excluding hydrogens is 674 g/mol.